The molecule has 14 heavy (non-hydrogen) atoms. The summed E-state index contributed by atoms with van der Waals surface area (Å²) in [5.74, 6) is 0.879. The molecule has 1 heterocycles. The van der Waals surface area contributed by atoms with Gasteiger partial charge in [0.1, 0.15) is 0 Å². The van der Waals surface area contributed by atoms with Crippen molar-refractivity contribution < 1.29 is 0 Å². The highest BCUT2D eigenvalue weighted by Crippen LogP contribution is 2.27. The van der Waals surface area contributed by atoms with Crippen LogP contribution in [-0.2, 0) is 0 Å². The largest absolute Gasteiger partial charge is 0.381 e. The van der Waals surface area contributed by atoms with Gasteiger partial charge in [-0.25, -0.2) is 0 Å². The highest BCUT2D eigenvalue weighted by molar-refractivity contribution is 5.47. The predicted molar refractivity (Wildman–Crippen MR) is 59.4 cm³/mol. The van der Waals surface area contributed by atoms with E-state index in [1.807, 2.05) is 12.3 Å². The summed E-state index contributed by atoms with van der Waals surface area (Å²) in [7, 11) is 0. The molecule has 0 radical (unpaired) electrons. The standard InChI is InChI=1S/C12H18N2/c1-9-5-6-11(8-9)14-12-4-3-7-13-10(12)2/h3-4,7,9,11,14H,5-6,8H2,1-2H3/t9-,11+/m0/s1. The van der Waals surface area contributed by atoms with Gasteiger partial charge in [-0.15, -0.1) is 0 Å². The molecule has 2 atom stereocenters. The van der Waals surface area contributed by atoms with Crippen LogP contribution in [0.1, 0.15) is 31.9 Å². The maximum atomic E-state index is 4.28. The van der Waals surface area contributed by atoms with E-state index in [1.165, 1.54) is 24.9 Å². The molecule has 2 rings (SSSR count). The van der Waals surface area contributed by atoms with Crippen LogP contribution in [-0.4, -0.2) is 11.0 Å². The van der Waals surface area contributed by atoms with Gasteiger partial charge in [-0.05, 0) is 44.2 Å². The van der Waals surface area contributed by atoms with E-state index in [0.717, 1.165) is 11.6 Å². The van der Waals surface area contributed by atoms with Crippen LogP contribution in [0.2, 0.25) is 0 Å². The van der Waals surface area contributed by atoms with E-state index in [2.05, 4.69) is 30.2 Å². The number of aromatic nitrogens is 1. The fourth-order valence-corrected chi connectivity index (χ4v) is 2.19. The van der Waals surface area contributed by atoms with E-state index in [4.69, 9.17) is 0 Å². The number of rotatable bonds is 2. The first-order valence-electron chi connectivity index (χ1n) is 5.44. The Kier molecular flexibility index (Phi) is 2.71. The number of hydrogen-bond donors (Lipinski definition) is 1. The quantitative estimate of drug-likeness (QED) is 0.775. The zero-order valence-corrected chi connectivity index (χ0v) is 8.96. The summed E-state index contributed by atoms with van der Waals surface area (Å²) in [6.45, 7) is 4.39. The third-order valence-corrected chi connectivity index (χ3v) is 3.06. The summed E-state index contributed by atoms with van der Waals surface area (Å²) >= 11 is 0. The highest BCUT2D eigenvalue weighted by atomic mass is 14.9. The number of nitrogens with one attached hydrogen (secondary N) is 1. The normalized spacial score (nSPS) is 26.4. The summed E-state index contributed by atoms with van der Waals surface area (Å²) in [6.07, 6.45) is 5.80. The zero-order chi connectivity index (χ0) is 9.97. The molecular weight excluding hydrogens is 172 g/mol. The Morgan fingerprint density at radius 2 is 2.29 bits per heavy atom. The summed E-state index contributed by atoms with van der Waals surface area (Å²) in [6, 6.07) is 4.77. The molecule has 0 unspecified atom stereocenters. The highest BCUT2D eigenvalue weighted by Gasteiger charge is 2.21. The molecular formula is C12H18N2. The fourth-order valence-electron chi connectivity index (χ4n) is 2.19. The molecule has 1 fully saturated rings. The molecule has 0 saturated heterocycles. The van der Waals surface area contributed by atoms with E-state index < -0.39 is 0 Å². The maximum absolute atomic E-state index is 4.28. The molecule has 1 aliphatic rings. The molecule has 0 aliphatic heterocycles. The van der Waals surface area contributed by atoms with Gasteiger partial charge in [0.15, 0.2) is 0 Å². The second kappa shape index (κ2) is 3.99. The van der Waals surface area contributed by atoms with Crippen molar-refractivity contribution in [2.45, 2.75) is 39.2 Å². The van der Waals surface area contributed by atoms with Gasteiger partial charge in [0.25, 0.3) is 0 Å². The van der Waals surface area contributed by atoms with E-state index in [1.54, 1.807) is 0 Å². The van der Waals surface area contributed by atoms with Gasteiger partial charge in [0.2, 0.25) is 0 Å². The monoisotopic (exact) mass is 190 g/mol. The Balaban J connectivity index is 2.01. The van der Waals surface area contributed by atoms with Crippen molar-refractivity contribution in [1.29, 1.82) is 0 Å². The SMILES string of the molecule is Cc1ncccc1N[C@@H]1CC[C@H](C)C1. The van der Waals surface area contributed by atoms with Crippen LogP contribution >= 0.6 is 0 Å². The third kappa shape index (κ3) is 2.06. The Morgan fingerprint density at radius 1 is 1.43 bits per heavy atom. The Labute approximate surface area is 85.7 Å². The summed E-state index contributed by atoms with van der Waals surface area (Å²) in [5.41, 5.74) is 2.30. The smallest absolute Gasteiger partial charge is 0.0603 e. The Bertz CT molecular complexity index is 309. The van der Waals surface area contributed by atoms with Gasteiger partial charge in [0, 0.05) is 12.2 Å². The van der Waals surface area contributed by atoms with Crippen molar-refractivity contribution >= 4 is 5.69 Å². The minimum absolute atomic E-state index is 0.660. The summed E-state index contributed by atoms with van der Waals surface area (Å²) in [5, 5.41) is 3.58. The van der Waals surface area contributed by atoms with Crippen molar-refractivity contribution in [3.63, 3.8) is 0 Å². The zero-order valence-electron chi connectivity index (χ0n) is 8.96. The molecule has 1 N–H and O–H groups in total. The topological polar surface area (TPSA) is 24.9 Å². The van der Waals surface area contributed by atoms with Crippen molar-refractivity contribution in [3.05, 3.63) is 24.0 Å². The molecule has 0 spiro atoms. The molecule has 1 aromatic rings. The molecule has 0 aromatic carbocycles. The number of hydrogen-bond acceptors (Lipinski definition) is 2. The van der Waals surface area contributed by atoms with Gasteiger partial charge >= 0.3 is 0 Å². The van der Waals surface area contributed by atoms with Crippen molar-refractivity contribution in [2.24, 2.45) is 5.92 Å². The number of pyridine rings is 1. The lowest BCUT2D eigenvalue weighted by Gasteiger charge is -2.15. The third-order valence-electron chi connectivity index (χ3n) is 3.06. The van der Waals surface area contributed by atoms with Gasteiger partial charge in [-0.3, -0.25) is 4.98 Å². The van der Waals surface area contributed by atoms with E-state index in [0.29, 0.717) is 6.04 Å². The molecule has 2 heteroatoms. The molecule has 76 valence electrons. The van der Waals surface area contributed by atoms with Gasteiger partial charge in [-0.1, -0.05) is 6.92 Å². The average Bonchev–Trinajstić information content (AvgIpc) is 2.56. The van der Waals surface area contributed by atoms with E-state index in [-0.39, 0.29) is 0 Å². The van der Waals surface area contributed by atoms with Crippen LogP contribution in [0.5, 0.6) is 0 Å². The maximum Gasteiger partial charge on any atom is 0.0603 e. The second-order valence-electron chi connectivity index (χ2n) is 4.40. The van der Waals surface area contributed by atoms with Gasteiger partial charge in [-0.2, -0.15) is 0 Å². The average molecular weight is 190 g/mol. The van der Waals surface area contributed by atoms with Gasteiger partial charge < -0.3 is 5.32 Å². The minimum atomic E-state index is 0.660. The number of aryl methyl sites for hydroxylation is 1. The van der Waals surface area contributed by atoms with Crippen LogP contribution in [0.25, 0.3) is 0 Å². The van der Waals surface area contributed by atoms with Crippen molar-refractivity contribution in [3.8, 4) is 0 Å². The molecule has 0 amide bonds. The molecule has 1 saturated carbocycles. The van der Waals surface area contributed by atoms with Crippen LogP contribution in [0.15, 0.2) is 18.3 Å². The molecule has 0 bridgehead atoms. The first-order chi connectivity index (χ1) is 6.75. The lowest BCUT2D eigenvalue weighted by Crippen LogP contribution is -2.16. The molecule has 1 aromatic heterocycles. The lowest BCUT2D eigenvalue weighted by molar-refractivity contribution is 0.602. The number of nitrogens with zero attached hydrogens (tertiary/aromatic N) is 1. The molecule has 1 aliphatic carbocycles. The molecule has 2 nitrogen and oxygen atoms in total. The minimum Gasteiger partial charge on any atom is -0.381 e. The van der Waals surface area contributed by atoms with Crippen LogP contribution < -0.4 is 5.32 Å². The summed E-state index contributed by atoms with van der Waals surface area (Å²) in [4.78, 5) is 4.28. The van der Waals surface area contributed by atoms with Crippen LogP contribution in [0, 0.1) is 12.8 Å². The van der Waals surface area contributed by atoms with Crippen LogP contribution in [0.3, 0.4) is 0 Å². The summed E-state index contributed by atoms with van der Waals surface area (Å²) < 4.78 is 0. The lowest BCUT2D eigenvalue weighted by atomic mass is 10.1. The number of anilines is 1. The van der Waals surface area contributed by atoms with E-state index >= 15 is 0 Å². The first kappa shape index (κ1) is 9.50. The van der Waals surface area contributed by atoms with E-state index in [9.17, 15) is 0 Å². The van der Waals surface area contributed by atoms with Crippen LogP contribution in [0.4, 0.5) is 5.69 Å². The Morgan fingerprint density at radius 3 is 2.93 bits per heavy atom. The Hall–Kier alpha value is -1.05. The second-order valence-corrected chi connectivity index (χ2v) is 4.40. The van der Waals surface area contributed by atoms with Gasteiger partial charge in [0.05, 0.1) is 11.4 Å². The first-order valence-corrected chi connectivity index (χ1v) is 5.44. The van der Waals surface area contributed by atoms with Crippen molar-refractivity contribution in [2.75, 3.05) is 5.32 Å². The predicted octanol–water partition coefficient (Wildman–Crippen LogP) is 2.99. The van der Waals surface area contributed by atoms with Crippen molar-refractivity contribution in [1.82, 2.24) is 4.98 Å². The fraction of sp³-hybridized carbons (Fsp3) is 0.583.